The lowest BCUT2D eigenvalue weighted by Gasteiger charge is -2.28. The van der Waals surface area contributed by atoms with Crippen molar-refractivity contribution in [3.63, 3.8) is 0 Å². The van der Waals surface area contributed by atoms with Gasteiger partial charge in [-0.3, -0.25) is 4.68 Å². The number of aliphatic hydroxyl groups excluding tert-OH is 1. The monoisotopic (exact) mass is 274 g/mol. The van der Waals surface area contributed by atoms with Crippen LogP contribution in [-0.2, 0) is 13.6 Å². The van der Waals surface area contributed by atoms with E-state index in [-0.39, 0.29) is 12.1 Å². The van der Waals surface area contributed by atoms with Crippen LogP contribution in [0.15, 0.2) is 12.3 Å². The van der Waals surface area contributed by atoms with Crippen molar-refractivity contribution in [3.05, 3.63) is 23.5 Å². The average Bonchev–Trinajstić information content (AvgIpc) is 2.73. The normalized spacial score (nSPS) is 23.4. The van der Waals surface area contributed by atoms with Crippen molar-refractivity contribution >= 4 is 11.0 Å². The maximum absolute atomic E-state index is 9.97. The van der Waals surface area contributed by atoms with Gasteiger partial charge in [-0.2, -0.15) is 5.10 Å². The number of rotatable bonds is 3. The zero-order valence-electron chi connectivity index (χ0n) is 12.1. The van der Waals surface area contributed by atoms with E-state index in [2.05, 4.69) is 21.5 Å². The molecule has 0 saturated heterocycles. The highest BCUT2D eigenvalue weighted by Gasteiger charge is 2.22. The third-order valence-electron chi connectivity index (χ3n) is 4.22. The molecule has 3 rings (SSSR count). The van der Waals surface area contributed by atoms with E-state index in [1.54, 1.807) is 0 Å². The Kier molecular flexibility index (Phi) is 3.72. The fourth-order valence-electron chi connectivity index (χ4n) is 3.05. The summed E-state index contributed by atoms with van der Waals surface area (Å²) in [6, 6.07) is 2.36. The highest BCUT2D eigenvalue weighted by Crippen LogP contribution is 2.20. The Morgan fingerprint density at radius 1 is 1.40 bits per heavy atom. The van der Waals surface area contributed by atoms with Crippen molar-refractivity contribution in [2.75, 3.05) is 0 Å². The number of pyridine rings is 1. The SMILES string of the molecule is Cc1nn(C)c2ncc(CN[C@@H]3CCCC[C@@H]3O)cc12. The molecule has 1 aliphatic carbocycles. The van der Waals surface area contributed by atoms with E-state index in [1.807, 2.05) is 24.9 Å². The molecule has 0 aromatic carbocycles. The first-order valence-corrected chi connectivity index (χ1v) is 7.35. The lowest BCUT2D eigenvalue weighted by atomic mass is 9.92. The fraction of sp³-hybridized carbons (Fsp3) is 0.600. The first kappa shape index (κ1) is 13.5. The van der Waals surface area contributed by atoms with Gasteiger partial charge in [-0.05, 0) is 31.4 Å². The highest BCUT2D eigenvalue weighted by atomic mass is 16.3. The van der Waals surface area contributed by atoms with Gasteiger partial charge in [0.15, 0.2) is 5.65 Å². The minimum atomic E-state index is -0.208. The van der Waals surface area contributed by atoms with Crippen molar-refractivity contribution in [1.29, 1.82) is 0 Å². The Morgan fingerprint density at radius 2 is 2.20 bits per heavy atom. The highest BCUT2D eigenvalue weighted by molar-refractivity contribution is 5.78. The number of nitrogens with one attached hydrogen (secondary N) is 1. The minimum absolute atomic E-state index is 0.208. The first-order chi connectivity index (χ1) is 9.65. The molecule has 2 N–H and O–H groups in total. The summed E-state index contributed by atoms with van der Waals surface area (Å²) in [6.07, 6.45) is 6.00. The van der Waals surface area contributed by atoms with E-state index in [0.29, 0.717) is 0 Å². The molecule has 2 heterocycles. The smallest absolute Gasteiger partial charge is 0.157 e. The van der Waals surface area contributed by atoms with Crippen molar-refractivity contribution in [1.82, 2.24) is 20.1 Å². The molecular formula is C15H22N4O. The van der Waals surface area contributed by atoms with Crippen LogP contribution in [0.3, 0.4) is 0 Å². The van der Waals surface area contributed by atoms with Gasteiger partial charge in [-0.25, -0.2) is 4.98 Å². The van der Waals surface area contributed by atoms with Gasteiger partial charge < -0.3 is 10.4 Å². The summed E-state index contributed by atoms with van der Waals surface area (Å²) in [5.74, 6) is 0. The zero-order chi connectivity index (χ0) is 14.1. The van der Waals surface area contributed by atoms with E-state index >= 15 is 0 Å². The van der Waals surface area contributed by atoms with Gasteiger partial charge in [-0.15, -0.1) is 0 Å². The molecule has 2 atom stereocenters. The Labute approximate surface area is 119 Å². The van der Waals surface area contributed by atoms with Gasteiger partial charge in [0.2, 0.25) is 0 Å². The maximum Gasteiger partial charge on any atom is 0.157 e. The molecule has 108 valence electrons. The quantitative estimate of drug-likeness (QED) is 0.893. The molecule has 0 bridgehead atoms. The predicted octanol–water partition coefficient (Wildman–Crippen LogP) is 1.67. The van der Waals surface area contributed by atoms with Gasteiger partial charge in [0, 0.05) is 31.2 Å². The van der Waals surface area contributed by atoms with Crippen molar-refractivity contribution in [2.45, 2.75) is 51.3 Å². The number of aryl methyl sites for hydroxylation is 2. The second-order valence-corrected chi connectivity index (χ2v) is 5.76. The third-order valence-corrected chi connectivity index (χ3v) is 4.22. The van der Waals surface area contributed by atoms with Gasteiger partial charge in [-0.1, -0.05) is 12.8 Å². The fourth-order valence-corrected chi connectivity index (χ4v) is 3.05. The van der Waals surface area contributed by atoms with Gasteiger partial charge >= 0.3 is 0 Å². The molecule has 0 spiro atoms. The van der Waals surface area contributed by atoms with E-state index < -0.39 is 0 Å². The summed E-state index contributed by atoms with van der Waals surface area (Å²) in [5.41, 5.74) is 3.07. The lowest BCUT2D eigenvalue weighted by molar-refractivity contribution is 0.0902. The van der Waals surface area contributed by atoms with Crippen LogP contribution in [0.2, 0.25) is 0 Å². The number of fused-ring (bicyclic) bond motifs is 1. The molecule has 0 aliphatic heterocycles. The molecule has 0 amide bonds. The molecule has 1 fully saturated rings. The largest absolute Gasteiger partial charge is 0.392 e. The molecular weight excluding hydrogens is 252 g/mol. The van der Waals surface area contributed by atoms with Gasteiger partial charge in [0.25, 0.3) is 0 Å². The van der Waals surface area contributed by atoms with Crippen LogP contribution in [0.1, 0.15) is 36.9 Å². The molecule has 0 unspecified atom stereocenters. The molecule has 0 radical (unpaired) electrons. The molecule has 1 saturated carbocycles. The summed E-state index contributed by atoms with van der Waals surface area (Å²) >= 11 is 0. The van der Waals surface area contributed by atoms with Crippen LogP contribution in [0.5, 0.6) is 0 Å². The van der Waals surface area contributed by atoms with Crippen molar-refractivity contribution < 1.29 is 5.11 Å². The first-order valence-electron chi connectivity index (χ1n) is 7.35. The van der Waals surface area contributed by atoms with Crippen molar-refractivity contribution in [2.24, 2.45) is 7.05 Å². The van der Waals surface area contributed by atoms with Crippen LogP contribution < -0.4 is 5.32 Å². The number of aromatic nitrogens is 3. The topological polar surface area (TPSA) is 63.0 Å². The summed E-state index contributed by atoms with van der Waals surface area (Å²) in [7, 11) is 1.92. The summed E-state index contributed by atoms with van der Waals surface area (Å²) in [6.45, 7) is 2.76. The van der Waals surface area contributed by atoms with Crippen LogP contribution in [0, 0.1) is 6.92 Å². The second kappa shape index (κ2) is 5.50. The number of aliphatic hydroxyl groups is 1. The molecule has 2 aromatic rings. The predicted molar refractivity (Wildman–Crippen MR) is 78.3 cm³/mol. The van der Waals surface area contributed by atoms with E-state index in [0.717, 1.165) is 48.1 Å². The summed E-state index contributed by atoms with van der Waals surface area (Å²) in [4.78, 5) is 4.48. The van der Waals surface area contributed by atoms with E-state index in [1.165, 1.54) is 6.42 Å². The maximum atomic E-state index is 9.97. The summed E-state index contributed by atoms with van der Waals surface area (Å²) < 4.78 is 1.81. The Morgan fingerprint density at radius 3 is 3.00 bits per heavy atom. The summed E-state index contributed by atoms with van der Waals surface area (Å²) in [5, 5.41) is 18.9. The number of nitrogens with zero attached hydrogens (tertiary/aromatic N) is 3. The Balaban J connectivity index is 1.72. The standard InChI is InChI=1S/C15H22N4O/c1-10-12-7-11(9-17-15(12)19(2)18-10)8-16-13-5-3-4-6-14(13)20/h7,9,13-14,16,20H,3-6,8H2,1-2H3/t13-,14+/m1/s1. The van der Waals surface area contributed by atoms with Crippen LogP contribution in [0.25, 0.3) is 11.0 Å². The lowest BCUT2D eigenvalue weighted by Crippen LogP contribution is -2.41. The van der Waals surface area contributed by atoms with Crippen molar-refractivity contribution in [3.8, 4) is 0 Å². The van der Waals surface area contributed by atoms with Crippen LogP contribution in [-0.4, -0.2) is 32.0 Å². The number of hydrogen-bond donors (Lipinski definition) is 2. The third kappa shape index (κ3) is 2.55. The molecule has 1 aliphatic rings. The molecule has 5 heteroatoms. The van der Waals surface area contributed by atoms with Gasteiger partial charge in [0.05, 0.1) is 11.8 Å². The van der Waals surface area contributed by atoms with E-state index in [4.69, 9.17) is 0 Å². The molecule has 5 nitrogen and oxygen atoms in total. The molecule has 20 heavy (non-hydrogen) atoms. The molecule has 2 aromatic heterocycles. The van der Waals surface area contributed by atoms with Crippen LogP contribution >= 0.6 is 0 Å². The number of hydrogen-bond acceptors (Lipinski definition) is 4. The van der Waals surface area contributed by atoms with Crippen LogP contribution in [0.4, 0.5) is 0 Å². The zero-order valence-corrected chi connectivity index (χ0v) is 12.1. The average molecular weight is 274 g/mol. The minimum Gasteiger partial charge on any atom is -0.392 e. The second-order valence-electron chi connectivity index (χ2n) is 5.76. The van der Waals surface area contributed by atoms with E-state index in [9.17, 15) is 5.11 Å². The Hall–Kier alpha value is -1.46. The Bertz CT molecular complexity index is 607. The van der Waals surface area contributed by atoms with Gasteiger partial charge in [0.1, 0.15) is 0 Å².